The monoisotopic (exact) mass is 255 g/mol. The normalized spacial score (nSPS) is 27.1. The van der Waals surface area contributed by atoms with Gasteiger partial charge in [-0.15, -0.1) is 22.9 Å². The van der Waals surface area contributed by atoms with Crippen LogP contribution in [0.2, 0.25) is 0 Å². The number of aryl methyl sites for hydroxylation is 1. The van der Waals surface area contributed by atoms with E-state index in [1.807, 2.05) is 0 Å². The third-order valence-electron chi connectivity index (χ3n) is 2.76. The summed E-state index contributed by atoms with van der Waals surface area (Å²) in [6, 6.07) is 0.0802. The van der Waals surface area contributed by atoms with Crippen molar-refractivity contribution >= 4 is 35.1 Å². The highest BCUT2D eigenvalue weighted by Gasteiger charge is 2.27. The number of guanidine groups is 1. The van der Waals surface area contributed by atoms with Gasteiger partial charge in [-0.1, -0.05) is 0 Å². The molecule has 1 aliphatic heterocycles. The second-order valence-electron chi connectivity index (χ2n) is 3.80. The number of aliphatic imine (C=N–C) groups is 2. The fraction of sp³-hybridized carbons (Fsp3) is 0.455. The molecular formula is C11H14ClN3S. The summed E-state index contributed by atoms with van der Waals surface area (Å²) in [6.07, 6.45) is 1.75. The van der Waals surface area contributed by atoms with E-state index in [-0.39, 0.29) is 11.4 Å². The number of rotatable bonds is 1. The number of nitrogens with one attached hydrogen (secondary N) is 1. The molecular weight excluding hydrogens is 242 g/mol. The highest BCUT2D eigenvalue weighted by Crippen LogP contribution is 2.32. The lowest BCUT2D eigenvalue weighted by Crippen LogP contribution is -2.38. The van der Waals surface area contributed by atoms with Gasteiger partial charge in [-0.25, -0.2) is 4.99 Å². The van der Waals surface area contributed by atoms with Crippen LogP contribution in [0.25, 0.3) is 0 Å². The summed E-state index contributed by atoms with van der Waals surface area (Å²) >= 11 is 8.00. The minimum atomic E-state index is -0.123. The average molecular weight is 256 g/mol. The van der Waals surface area contributed by atoms with Gasteiger partial charge in [0.15, 0.2) is 0 Å². The van der Waals surface area contributed by atoms with Crippen molar-refractivity contribution in [3.63, 3.8) is 0 Å². The van der Waals surface area contributed by atoms with E-state index in [1.54, 1.807) is 24.6 Å². The summed E-state index contributed by atoms with van der Waals surface area (Å²) in [5.74, 6) is 0.646. The van der Waals surface area contributed by atoms with Gasteiger partial charge in [0.1, 0.15) is 0 Å². The Morgan fingerprint density at radius 3 is 2.81 bits per heavy atom. The molecule has 0 aliphatic carbocycles. The van der Waals surface area contributed by atoms with Crippen molar-refractivity contribution in [2.24, 2.45) is 9.98 Å². The molecule has 2 unspecified atom stereocenters. The van der Waals surface area contributed by atoms with E-state index >= 15 is 0 Å². The van der Waals surface area contributed by atoms with Crippen LogP contribution in [0.4, 0.5) is 0 Å². The smallest absolute Gasteiger partial charge is 0.217 e. The number of hydrogen-bond acceptors (Lipinski definition) is 2. The van der Waals surface area contributed by atoms with Crippen LogP contribution in [0, 0.1) is 13.8 Å². The maximum atomic E-state index is 6.26. The maximum Gasteiger partial charge on any atom is 0.217 e. The molecule has 16 heavy (non-hydrogen) atoms. The second kappa shape index (κ2) is 4.55. The first kappa shape index (κ1) is 11.6. The molecule has 2 heterocycles. The largest absolute Gasteiger partial charge is 0.345 e. The summed E-state index contributed by atoms with van der Waals surface area (Å²) in [7, 11) is 1.72. The molecule has 1 aromatic rings. The minimum absolute atomic E-state index is 0.0802. The predicted octanol–water partition coefficient (Wildman–Crippen LogP) is 2.67. The summed E-state index contributed by atoms with van der Waals surface area (Å²) in [5, 5.41) is 5.29. The van der Waals surface area contributed by atoms with Gasteiger partial charge in [0.25, 0.3) is 0 Å². The molecule has 1 N–H and O–H groups in total. The molecule has 5 heteroatoms. The maximum absolute atomic E-state index is 6.26. The fourth-order valence-corrected chi connectivity index (χ4v) is 3.14. The first-order valence-electron chi connectivity index (χ1n) is 5.09. The van der Waals surface area contributed by atoms with E-state index in [0.717, 1.165) is 0 Å². The van der Waals surface area contributed by atoms with Crippen molar-refractivity contribution in [2.75, 3.05) is 7.05 Å². The second-order valence-corrected chi connectivity index (χ2v) is 5.21. The Morgan fingerprint density at radius 1 is 1.50 bits per heavy atom. The number of halogens is 1. The van der Waals surface area contributed by atoms with Gasteiger partial charge in [0.05, 0.1) is 11.4 Å². The third-order valence-corrected chi connectivity index (χ3v) is 4.41. The number of hydrogen-bond donors (Lipinski definition) is 1. The molecule has 0 bridgehead atoms. The first-order valence-corrected chi connectivity index (χ1v) is 6.41. The molecule has 0 fully saturated rings. The van der Waals surface area contributed by atoms with E-state index in [0.29, 0.717) is 5.96 Å². The number of alkyl halides is 1. The van der Waals surface area contributed by atoms with Gasteiger partial charge in [0, 0.05) is 18.1 Å². The van der Waals surface area contributed by atoms with Gasteiger partial charge in [-0.05, 0) is 30.4 Å². The average Bonchev–Trinajstić information content (AvgIpc) is 2.61. The molecule has 1 aromatic heterocycles. The lowest BCUT2D eigenvalue weighted by Gasteiger charge is -2.25. The lowest BCUT2D eigenvalue weighted by molar-refractivity contribution is 0.677. The Labute approximate surface area is 104 Å². The van der Waals surface area contributed by atoms with Crippen LogP contribution in [0.3, 0.4) is 0 Å². The van der Waals surface area contributed by atoms with E-state index in [1.165, 1.54) is 16.0 Å². The molecule has 0 spiro atoms. The standard InChI is InChI=1S/C11H14ClN3S/c1-6-5-16-10(7(6)2)9-8(12)4-14-11(13-3)15-9/h4-5,8-9H,1-3H3,(H,13,15). The molecule has 0 saturated heterocycles. The van der Waals surface area contributed by atoms with Crippen LogP contribution in [0.1, 0.15) is 22.0 Å². The molecule has 0 aromatic carbocycles. The molecule has 86 valence electrons. The molecule has 0 amide bonds. The van der Waals surface area contributed by atoms with Crippen LogP contribution >= 0.6 is 22.9 Å². The van der Waals surface area contributed by atoms with Gasteiger partial charge in [-0.2, -0.15) is 0 Å². The van der Waals surface area contributed by atoms with Crippen LogP contribution in [0.15, 0.2) is 15.4 Å². The van der Waals surface area contributed by atoms with Crippen LogP contribution in [-0.2, 0) is 0 Å². The number of thiophene rings is 1. The van der Waals surface area contributed by atoms with Crippen molar-refractivity contribution in [2.45, 2.75) is 25.3 Å². The van der Waals surface area contributed by atoms with E-state index < -0.39 is 0 Å². The quantitative estimate of drug-likeness (QED) is 0.770. The molecule has 0 radical (unpaired) electrons. The Kier molecular flexibility index (Phi) is 3.30. The van der Waals surface area contributed by atoms with E-state index in [9.17, 15) is 0 Å². The molecule has 2 rings (SSSR count). The molecule has 3 nitrogen and oxygen atoms in total. The third kappa shape index (κ3) is 1.99. The van der Waals surface area contributed by atoms with Crippen LogP contribution < -0.4 is 5.32 Å². The molecule has 2 atom stereocenters. The van der Waals surface area contributed by atoms with E-state index in [4.69, 9.17) is 11.6 Å². The van der Waals surface area contributed by atoms with Gasteiger partial charge < -0.3 is 5.32 Å². The summed E-state index contributed by atoms with van der Waals surface area (Å²) in [5.41, 5.74) is 2.61. The van der Waals surface area contributed by atoms with Crippen molar-refractivity contribution < 1.29 is 0 Å². The van der Waals surface area contributed by atoms with Gasteiger partial charge in [0.2, 0.25) is 5.96 Å². The number of nitrogens with zero attached hydrogens (tertiary/aromatic N) is 2. The predicted molar refractivity (Wildman–Crippen MR) is 71.2 cm³/mol. The van der Waals surface area contributed by atoms with Gasteiger partial charge in [-0.3, -0.25) is 4.99 Å². The van der Waals surface area contributed by atoms with Gasteiger partial charge >= 0.3 is 0 Å². The van der Waals surface area contributed by atoms with Crippen LogP contribution in [-0.4, -0.2) is 24.6 Å². The fourth-order valence-electron chi connectivity index (χ4n) is 1.65. The highest BCUT2D eigenvalue weighted by atomic mass is 35.5. The summed E-state index contributed by atoms with van der Waals surface area (Å²) < 4.78 is 0. The summed E-state index contributed by atoms with van der Waals surface area (Å²) in [6.45, 7) is 4.24. The lowest BCUT2D eigenvalue weighted by atomic mass is 10.1. The Hall–Kier alpha value is -0.870. The van der Waals surface area contributed by atoms with Crippen LogP contribution in [0.5, 0.6) is 0 Å². The Bertz CT molecular complexity index is 450. The summed E-state index contributed by atoms with van der Waals surface area (Å²) in [4.78, 5) is 9.44. The van der Waals surface area contributed by atoms with Crippen molar-refractivity contribution in [1.82, 2.24) is 5.32 Å². The van der Waals surface area contributed by atoms with E-state index in [2.05, 4.69) is 34.5 Å². The Balaban J connectivity index is 2.34. The van der Waals surface area contributed by atoms with Crippen molar-refractivity contribution in [1.29, 1.82) is 0 Å². The zero-order valence-electron chi connectivity index (χ0n) is 9.49. The Morgan fingerprint density at radius 2 is 2.25 bits per heavy atom. The topological polar surface area (TPSA) is 36.8 Å². The highest BCUT2D eigenvalue weighted by molar-refractivity contribution is 7.10. The minimum Gasteiger partial charge on any atom is -0.345 e. The SMILES string of the molecule is CN=C1N=CC(Cl)C(c2scc(C)c2C)N1. The first-order chi connectivity index (χ1) is 7.63. The van der Waals surface area contributed by atoms with Crippen molar-refractivity contribution in [3.05, 3.63) is 21.4 Å². The zero-order chi connectivity index (χ0) is 11.7. The van der Waals surface area contributed by atoms with Crippen molar-refractivity contribution in [3.8, 4) is 0 Å². The zero-order valence-corrected chi connectivity index (χ0v) is 11.1. The molecule has 1 aliphatic rings. The molecule has 0 saturated carbocycles.